The van der Waals surface area contributed by atoms with Crippen molar-refractivity contribution in [1.82, 2.24) is 0 Å². The summed E-state index contributed by atoms with van der Waals surface area (Å²) in [5, 5.41) is 9.28. The number of aromatic hydroxyl groups is 1. The second-order valence-electron chi connectivity index (χ2n) is 2.62. The van der Waals surface area contributed by atoms with Crippen LogP contribution < -0.4 is 0 Å². The van der Waals surface area contributed by atoms with Crippen LogP contribution in [0.25, 0.3) is 6.08 Å². The summed E-state index contributed by atoms with van der Waals surface area (Å²) in [5.41, 5.74) is 0.628. The van der Waals surface area contributed by atoms with Crippen molar-refractivity contribution in [3.8, 4) is 5.75 Å². The van der Waals surface area contributed by atoms with Crippen LogP contribution in [0.4, 0.5) is 4.39 Å². The first-order valence-corrected chi connectivity index (χ1v) is 4.63. The molecule has 0 fully saturated rings. The summed E-state index contributed by atoms with van der Waals surface area (Å²) < 4.78 is 12.5. The molecule has 0 aliphatic heterocycles. The molecule has 0 spiro atoms. The summed E-state index contributed by atoms with van der Waals surface area (Å²) in [6.45, 7) is 0. The molecule has 13 heavy (non-hydrogen) atoms. The molecule has 1 aromatic carbocycles. The van der Waals surface area contributed by atoms with E-state index in [2.05, 4.69) is 12.6 Å². The predicted octanol–water partition coefficient (Wildman–Crippen LogP) is 2.86. The number of hydrogen-bond acceptors (Lipinski definition) is 2. The minimum absolute atomic E-state index is 0.0320. The third-order valence-corrected chi connectivity index (χ3v) is 1.84. The van der Waals surface area contributed by atoms with E-state index in [0.717, 1.165) is 18.2 Å². The van der Waals surface area contributed by atoms with Crippen molar-refractivity contribution in [2.45, 2.75) is 6.42 Å². The molecule has 0 amide bonds. The van der Waals surface area contributed by atoms with Gasteiger partial charge in [-0.25, -0.2) is 4.39 Å². The molecule has 70 valence electrons. The Morgan fingerprint density at radius 2 is 2.23 bits per heavy atom. The fourth-order valence-corrected chi connectivity index (χ4v) is 1.09. The molecule has 0 aliphatic rings. The van der Waals surface area contributed by atoms with E-state index >= 15 is 0 Å². The molecular formula is C10H11FOS. The third-order valence-electron chi connectivity index (χ3n) is 1.59. The zero-order valence-electron chi connectivity index (χ0n) is 7.07. The molecule has 1 aromatic rings. The molecule has 0 bridgehead atoms. The van der Waals surface area contributed by atoms with E-state index in [4.69, 9.17) is 0 Å². The molecule has 0 aliphatic carbocycles. The summed E-state index contributed by atoms with van der Waals surface area (Å²) in [4.78, 5) is 0. The molecule has 0 atom stereocenters. The van der Waals surface area contributed by atoms with Crippen molar-refractivity contribution in [3.05, 3.63) is 35.7 Å². The lowest BCUT2D eigenvalue weighted by atomic mass is 10.2. The molecule has 0 saturated carbocycles. The van der Waals surface area contributed by atoms with Crippen molar-refractivity contribution in [2.24, 2.45) is 0 Å². The first-order chi connectivity index (χ1) is 6.24. The van der Waals surface area contributed by atoms with Gasteiger partial charge < -0.3 is 5.11 Å². The van der Waals surface area contributed by atoms with Gasteiger partial charge in [0.1, 0.15) is 11.6 Å². The fraction of sp³-hybridized carbons (Fsp3) is 0.200. The maximum absolute atomic E-state index is 12.5. The number of phenols is 1. The highest BCUT2D eigenvalue weighted by Crippen LogP contribution is 2.19. The van der Waals surface area contributed by atoms with Crippen molar-refractivity contribution in [1.29, 1.82) is 0 Å². The van der Waals surface area contributed by atoms with Gasteiger partial charge in [0.05, 0.1) is 0 Å². The lowest BCUT2D eigenvalue weighted by Crippen LogP contribution is -1.78. The van der Waals surface area contributed by atoms with Crippen LogP contribution in [0.3, 0.4) is 0 Å². The summed E-state index contributed by atoms with van der Waals surface area (Å²) >= 11 is 4.04. The Kier molecular flexibility index (Phi) is 3.83. The van der Waals surface area contributed by atoms with Gasteiger partial charge in [-0.15, -0.1) is 0 Å². The maximum atomic E-state index is 12.5. The molecule has 0 heterocycles. The molecule has 0 radical (unpaired) electrons. The number of rotatable bonds is 3. The molecule has 0 unspecified atom stereocenters. The van der Waals surface area contributed by atoms with Crippen LogP contribution in [0.15, 0.2) is 24.3 Å². The first-order valence-electron chi connectivity index (χ1n) is 4.00. The lowest BCUT2D eigenvalue weighted by Gasteiger charge is -1.97. The highest BCUT2D eigenvalue weighted by atomic mass is 32.1. The minimum Gasteiger partial charge on any atom is -0.507 e. The lowest BCUT2D eigenvalue weighted by molar-refractivity contribution is 0.468. The van der Waals surface area contributed by atoms with Crippen LogP contribution in [-0.2, 0) is 0 Å². The van der Waals surface area contributed by atoms with Crippen LogP contribution in [0.2, 0.25) is 0 Å². The van der Waals surface area contributed by atoms with Gasteiger partial charge in [0.2, 0.25) is 0 Å². The Labute approximate surface area is 82.3 Å². The second kappa shape index (κ2) is 4.92. The van der Waals surface area contributed by atoms with E-state index in [1.165, 1.54) is 6.07 Å². The largest absolute Gasteiger partial charge is 0.507 e. The van der Waals surface area contributed by atoms with E-state index in [1.54, 1.807) is 12.1 Å². The van der Waals surface area contributed by atoms with Crippen molar-refractivity contribution in [2.75, 3.05) is 5.75 Å². The van der Waals surface area contributed by atoms with Crippen LogP contribution in [0.5, 0.6) is 5.75 Å². The monoisotopic (exact) mass is 198 g/mol. The zero-order valence-corrected chi connectivity index (χ0v) is 7.97. The van der Waals surface area contributed by atoms with E-state index in [1.807, 2.05) is 6.08 Å². The predicted molar refractivity (Wildman–Crippen MR) is 55.6 cm³/mol. The fourth-order valence-electron chi connectivity index (χ4n) is 0.943. The molecule has 0 aromatic heterocycles. The number of hydrogen-bond donors (Lipinski definition) is 2. The van der Waals surface area contributed by atoms with E-state index in [-0.39, 0.29) is 5.75 Å². The van der Waals surface area contributed by atoms with Gasteiger partial charge in [-0.3, -0.25) is 0 Å². The number of halogens is 1. The second-order valence-corrected chi connectivity index (χ2v) is 3.07. The summed E-state index contributed by atoms with van der Waals surface area (Å²) in [5.74, 6) is 0.303. The van der Waals surface area contributed by atoms with Crippen LogP contribution >= 0.6 is 12.6 Å². The molecule has 1 rings (SSSR count). The Bertz CT molecular complexity index is 310. The van der Waals surface area contributed by atoms with E-state index in [0.29, 0.717) is 5.56 Å². The number of allylic oxidation sites excluding steroid dienone is 1. The van der Waals surface area contributed by atoms with Crippen molar-refractivity contribution in [3.63, 3.8) is 0 Å². The number of thiol groups is 1. The SMILES string of the molecule is Oc1cc(F)ccc1C=CCCS. The summed E-state index contributed by atoms with van der Waals surface area (Å²) in [6, 6.07) is 3.96. The molecular weight excluding hydrogens is 187 g/mol. The van der Waals surface area contributed by atoms with Gasteiger partial charge >= 0.3 is 0 Å². The van der Waals surface area contributed by atoms with Gasteiger partial charge in [-0.2, -0.15) is 12.6 Å². The minimum atomic E-state index is -0.427. The van der Waals surface area contributed by atoms with Gasteiger partial charge in [0.15, 0.2) is 0 Å². The summed E-state index contributed by atoms with van der Waals surface area (Å²) in [6.07, 6.45) is 4.48. The molecule has 3 heteroatoms. The van der Waals surface area contributed by atoms with E-state index in [9.17, 15) is 9.50 Å². The Hall–Kier alpha value is -0.960. The van der Waals surface area contributed by atoms with Gasteiger partial charge in [-0.1, -0.05) is 12.2 Å². The number of phenolic OH excluding ortho intramolecular Hbond substituents is 1. The Balaban J connectivity index is 2.77. The first kappa shape index (κ1) is 10.1. The van der Waals surface area contributed by atoms with E-state index < -0.39 is 5.82 Å². The molecule has 0 saturated heterocycles. The highest BCUT2D eigenvalue weighted by molar-refractivity contribution is 7.80. The van der Waals surface area contributed by atoms with Crippen molar-refractivity contribution < 1.29 is 9.50 Å². The topological polar surface area (TPSA) is 20.2 Å². The Morgan fingerprint density at radius 3 is 2.85 bits per heavy atom. The van der Waals surface area contributed by atoms with Gasteiger partial charge in [0, 0.05) is 11.6 Å². The zero-order chi connectivity index (χ0) is 9.68. The van der Waals surface area contributed by atoms with Crippen LogP contribution in [0, 0.1) is 5.82 Å². The maximum Gasteiger partial charge on any atom is 0.126 e. The Morgan fingerprint density at radius 1 is 1.46 bits per heavy atom. The van der Waals surface area contributed by atoms with Gasteiger partial charge in [0.25, 0.3) is 0 Å². The van der Waals surface area contributed by atoms with Gasteiger partial charge in [-0.05, 0) is 24.3 Å². The highest BCUT2D eigenvalue weighted by Gasteiger charge is 1.97. The molecule has 1 nitrogen and oxygen atoms in total. The average molecular weight is 198 g/mol. The van der Waals surface area contributed by atoms with Crippen molar-refractivity contribution >= 4 is 18.7 Å². The van der Waals surface area contributed by atoms with Crippen LogP contribution in [0.1, 0.15) is 12.0 Å². The third kappa shape index (κ3) is 3.11. The standard InChI is InChI=1S/C10H11FOS/c11-9-5-4-8(10(12)7-9)3-1-2-6-13/h1,3-5,7,12-13H,2,6H2. The average Bonchev–Trinajstić information content (AvgIpc) is 2.09. The quantitative estimate of drug-likeness (QED) is 0.715. The normalized spacial score (nSPS) is 10.9. The summed E-state index contributed by atoms with van der Waals surface area (Å²) in [7, 11) is 0. The van der Waals surface area contributed by atoms with Crippen LogP contribution in [-0.4, -0.2) is 10.9 Å². The smallest absolute Gasteiger partial charge is 0.126 e. The molecule has 1 N–H and O–H groups in total. The number of benzene rings is 1.